The highest BCUT2D eigenvalue weighted by Crippen LogP contribution is 2.30. The third kappa shape index (κ3) is 3.99. The Balaban J connectivity index is 1.91. The Morgan fingerprint density at radius 2 is 2.35 bits per heavy atom. The Hall–Kier alpha value is -0.560. The molecule has 7 heteroatoms. The fraction of sp³-hybridized carbons (Fsp3) is 0.200. The third-order valence-electron chi connectivity index (χ3n) is 1.83. The molecule has 2 heterocycles. The number of hydrogen-bond donors (Lipinski definition) is 1. The van der Waals surface area contributed by atoms with E-state index in [1.807, 2.05) is 12.1 Å². The molecular weight excluding hydrogens is 298 g/mol. The van der Waals surface area contributed by atoms with Crippen LogP contribution >= 0.6 is 46.0 Å². The van der Waals surface area contributed by atoms with Crippen molar-refractivity contribution in [3.05, 3.63) is 32.4 Å². The molecule has 0 bridgehead atoms. The van der Waals surface area contributed by atoms with E-state index in [1.54, 1.807) is 28.5 Å². The summed E-state index contributed by atoms with van der Waals surface area (Å²) >= 11 is 10.5. The molecule has 0 aromatic carbocycles. The van der Waals surface area contributed by atoms with Crippen molar-refractivity contribution in [2.45, 2.75) is 16.5 Å². The zero-order valence-electron chi connectivity index (χ0n) is 8.55. The lowest BCUT2D eigenvalue weighted by Gasteiger charge is -1.93. The summed E-state index contributed by atoms with van der Waals surface area (Å²) in [5.41, 5.74) is 0.620. The second kappa shape index (κ2) is 5.86. The van der Waals surface area contributed by atoms with Crippen LogP contribution in [0.2, 0.25) is 4.34 Å². The molecule has 0 saturated carbocycles. The van der Waals surface area contributed by atoms with Gasteiger partial charge in [-0.25, -0.2) is 4.98 Å². The molecule has 17 heavy (non-hydrogen) atoms. The second-order valence-electron chi connectivity index (χ2n) is 3.17. The van der Waals surface area contributed by atoms with E-state index in [9.17, 15) is 4.79 Å². The van der Waals surface area contributed by atoms with Gasteiger partial charge in [-0.1, -0.05) is 23.4 Å². The van der Waals surface area contributed by atoms with Gasteiger partial charge < -0.3 is 5.11 Å². The largest absolute Gasteiger partial charge is 0.481 e. The van der Waals surface area contributed by atoms with Gasteiger partial charge in [0.25, 0.3) is 0 Å². The van der Waals surface area contributed by atoms with Gasteiger partial charge in [0.1, 0.15) is 4.34 Å². The molecule has 0 fully saturated rings. The van der Waals surface area contributed by atoms with Crippen molar-refractivity contribution in [3.63, 3.8) is 0 Å². The minimum absolute atomic E-state index is 0.0120. The molecule has 0 aliphatic rings. The van der Waals surface area contributed by atoms with Crippen LogP contribution in [-0.4, -0.2) is 16.1 Å². The average Bonchev–Trinajstić information content (AvgIpc) is 2.84. The van der Waals surface area contributed by atoms with E-state index in [2.05, 4.69) is 4.98 Å². The van der Waals surface area contributed by atoms with Crippen molar-refractivity contribution < 1.29 is 9.90 Å². The number of hydrogen-bond acceptors (Lipinski definition) is 5. The van der Waals surface area contributed by atoms with Gasteiger partial charge in [0, 0.05) is 16.0 Å². The molecule has 90 valence electrons. The first kappa shape index (κ1) is 12.9. The van der Waals surface area contributed by atoms with Gasteiger partial charge in [-0.15, -0.1) is 22.7 Å². The molecule has 1 N–H and O–H groups in total. The van der Waals surface area contributed by atoms with Crippen LogP contribution in [-0.2, 0) is 17.0 Å². The molecule has 3 nitrogen and oxygen atoms in total. The van der Waals surface area contributed by atoms with Gasteiger partial charge in [-0.2, -0.15) is 0 Å². The molecule has 0 saturated heterocycles. The number of nitrogens with zero attached hydrogens (tertiary/aromatic N) is 1. The minimum atomic E-state index is -0.850. The summed E-state index contributed by atoms with van der Waals surface area (Å²) in [5.74, 6) is -0.0332. The summed E-state index contributed by atoms with van der Waals surface area (Å²) < 4.78 is 1.68. The number of halogens is 1. The van der Waals surface area contributed by atoms with Crippen molar-refractivity contribution in [3.8, 4) is 0 Å². The Morgan fingerprint density at radius 3 is 3.00 bits per heavy atom. The molecule has 0 spiro atoms. The molecule has 2 rings (SSSR count). The standard InChI is InChI=1S/C10H8ClNO2S3/c11-8-2-1-7(17-8)5-16-10-12-6(4-15-10)3-9(13)14/h1-2,4H,3,5H2,(H,13,14). The average molecular weight is 306 g/mol. The highest BCUT2D eigenvalue weighted by molar-refractivity contribution is 8.00. The number of aliphatic carboxylic acids is 1. The van der Waals surface area contributed by atoms with Crippen LogP contribution in [0.25, 0.3) is 0 Å². The van der Waals surface area contributed by atoms with Crippen LogP contribution in [0.5, 0.6) is 0 Å². The Morgan fingerprint density at radius 1 is 1.53 bits per heavy atom. The number of carbonyl (C=O) groups is 1. The van der Waals surface area contributed by atoms with Crippen molar-refractivity contribution >= 4 is 52.0 Å². The maximum absolute atomic E-state index is 10.5. The second-order valence-corrected chi connectivity index (χ2v) is 7.05. The normalized spacial score (nSPS) is 10.6. The number of thiophene rings is 1. The van der Waals surface area contributed by atoms with E-state index >= 15 is 0 Å². The number of thioether (sulfide) groups is 1. The molecule has 0 radical (unpaired) electrons. The molecule has 0 atom stereocenters. The predicted molar refractivity (Wildman–Crippen MR) is 72.3 cm³/mol. The van der Waals surface area contributed by atoms with E-state index in [0.29, 0.717) is 5.69 Å². The van der Waals surface area contributed by atoms with Crippen LogP contribution in [0.1, 0.15) is 10.6 Å². The molecule has 0 amide bonds. The maximum Gasteiger partial charge on any atom is 0.309 e. The van der Waals surface area contributed by atoms with Gasteiger partial charge in [-0.3, -0.25) is 4.79 Å². The summed E-state index contributed by atoms with van der Waals surface area (Å²) in [6, 6.07) is 3.87. The van der Waals surface area contributed by atoms with Crippen molar-refractivity contribution in [1.29, 1.82) is 0 Å². The van der Waals surface area contributed by atoms with Crippen LogP contribution in [0.15, 0.2) is 21.9 Å². The summed E-state index contributed by atoms with van der Waals surface area (Å²) in [6.07, 6.45) is -0.0120. The fourth-order valence-corrected chi connectivity index (χ4v) is 4.13. The summed E-state index contributed by atoms with van der Waals surface area (Å²) in [5, 5.41) is 10.4. The topological polar surface area (TPSA) is 50.2 Å². The number of carboxylic acid groups (broad SMARTS) is 1. The molecule has 2 aromatic heterocycles. The Kier molecular flexibility index (Phi) is 4.44. The quantitative estimate of drug-likeness (QED) is 0.854. The van der Waals surface area contributed by atoms with Gasteiger partial charge in [0.2, 0.25) is 0 Å². The van der Waals surface area contributed by atoms with E-state index < -0.39 is 5.97 Å². The monoisotopic (exact) mass is 305 g/mol. The third-order valence-corrected chi connectivity index (χ3v) is 5.36. The highest BCUT2D eigenvalue weighted by Gasteiger charge is 2.07. The fourth-order valence-electron chi connectivity index (χ4n) is 1.15. The number of rotatable bonds is 5. The van der Waals surface area contributed by atoms with Gasteiger partial charge in [0.15, 0.2) is 0 Å². The van der Waals surface area contributed by atoms with Gasteiger partial charge >= 0.3 is 5.97 Å². The van der Waals surface area contributed by atoms with E-state index in [4.69, 9.17) is 16.7 Å². The first-order chi connectivity index (χ1) is 8.13. The summed E-state index contributed by atoms with van der Waals surface area (Å²) in [6.45, 7) is 0. The van der Waals surface area contributed by atoms with Crippen LogP contribution in [0.3, 0.4) is 0 Å². The minimum Gasteiger partial charge on any atom is -0.481 e. The highest BCUT2D eigenvalue weighted by atomic mass is 35.5. The van der Waals surface area contributed by atoms with E-state index in [-0.39, 0.29) is 6.42 Å². The zero-order chi connectivity index (χ0) is 12.3. The Bertz CT molecular complexity index is 523. The van der Waals surface area contributed by atoms with Crippen molar-refractivity contribution in [2.75, 3.05) is 0 Å². The van der Waals surface area contributed by atoms with Crippen molar-refractivity contribution in [1.82, 2.24) is 4.98 Å². The molecule has 2 aromatic rings. The lowest BCUT2D eigenvalue weighted by molar-refractivity contribution is -0.136. The summed E-state index contributed by atoms with van der Waals surface area (Å²) in [4.78, 5) is 15.9. The molecular formula is C10H8ClNO2S3. The maximum atomic E-state index is 10.5. The van der Waals surface area contributed by atoms with Crippen molar-refractivity contribution in [2.24, 2.45) is 0 Å². The number of thiazole rings is 1. The van der Waals surface area contributed by atoms with Crippen LogP contribution in [0, 0.1) is 0 Å². The lowest BCUT2D eigenvalue weighted by atomic mass is 10.3. The van der Waals surface area contributed by atoms with Crippen LogP contribution in [0.4, 0.5) is 0 Å². The first-order valence-electron chi connectivity index (χ1n) is 4.66. The van der Waals surface area contributed by atoms with E-state index in [1.165, 1.54) is 16.2 Å². The lowest BCUT2D eigenvalue weighted by Crippen LogP contribution is -1.99. The first-order valence-corrected chi connectivity index (χ1v) is 7.72. The van der Waals surface area contributed by atoms with Crippen LogP contribution < -0.4 is 0 Å². The van der Waals surface area contributed by atoms with Gasteiger partial charge in [0.05, 0.1) is 16.5 Å². The molecule has 0 unspecified atom stereocenters. The van der Waals surface area contributed by atoms with E-state index in [0.717, 1.165) is 14.4 Å². The predicted octanol–water partition coefficient (Wildman–Crippen LogP) is 3.78. The summed E-state index contributed by atoms with van der Waals surface area (Å²) in [7, 11) is 0. The zero-order valence-corrected chi connectivity index (χ0v) is 11.8. The SMILES string of the molecule is O=C(O)Cc1csc(SCc2ccc(Cl)s2)n1. The Labute approximate surface area is 115 Å². The number of carboxylic acids is 1. The number of aromatic nitrogens is 1. The van der Waals surface area contributed by atoms with Gasteiger partial charge in [-0.05, 0) is 12.1 Å². The smallest absolute Gasteiger partial charge is 0.309 e. The molecule has 0 aliphatic heterocycles. The molecule has 0 aliphatic carbocycles.